The molecule has 0 aliphatic heterocycles. The maximum absolute atomic E-state index is 13.5. The van der Waals surface area contributed by atoms with Gasteiger partial charge in [-0.3, -0.25) is 0 Å². The number of likely N-dealkylation sites (N-methyl/N-ethyl adjacent to an activating group) is 1. The molecule has 2 aromatic rings. The van der Waals surface area contributed by atoms with Gasteiger partial charge in [-0.1, -0.05) is 46.1 Å². The first-order valence-electron chi connectivity index (χ1n) is 6.62. The summed E-state index contributed by atoms with van der Waals surface area (Å²) in [5, 5.41) is 4.58. The monoisotopic (exact) mass is 389 g/mol. The molecule has 0 aliphatic carbocycles. The first kappa shape index (κ1) is 16.8. The van der Waals surface area contributed by atoms with Crippen LogP contribution in [0.1, 0.15) is 24.1 Å². The van der Waals surface area contributed by atoms with Crippen molar-refractivity contribution in [2.45, 2.75) is 19.4 Å². The van der Waals surface area contributed by atoms with Gasteiger partial charge in [0.2, 0.25) is 0 Å². The summed E-state index contributed by atoms with van der Waals surface area (Å²) in [6.45, 7) is 2.83. The second-order valence-electron chi connectivity index (χ2n) is 4.79. The molecule has 1 nitrogen and oxygen atoms in total. The van der Waals surface area contributed by atoms with Crippen molar-refractivity contribution in [1.82, 2.24) is 5.32 Å². The van der Waals surface area contributed by atoms with Crippen molar-refractivity contribution < 1.29 is 4.39 Å². The molecule has 21 heavy (non-hydrogen) atoms. The molecule has 112 valence electrons. The minimum Gasteiger partial charge on any atom is -0.310 e. The quantitative estimate of drug-likeness (QED) is 0.681. The van der Waals surface area contributed by atoms with Gasteiger partial charge in [-0.05, 0) is 60.5 Å². The van der Waals surface area contributed by atoms with E-state index in [1.54, 1.807) is 12.1 Å². The van der Waals surface area contributed by atoms with Gasteiger partial charge in [0.1, 0.15) is 5.82 Å². The van der Waals surface area contributed by atoms with Gasteiger partial charge in [0, 0.05) is 20.6 Å². The zero-order valence-electron chi connectivity index (χ0n) is 11.5. The Kier molecular flexibility index (Phi) is 6.06. The summed E-state index contributed by atoms with van der Waals surface area (Å²) in [6, 6.07) is 10.4. The van der Waals surface area contributed by atoms with Gasteiger partial charge in [-0.25, -0.2) is 4.39 Å². The molecule has 5 heteroatoms. The molecule has 1 N–H and O–H groups in total. The molecular formula is C16H15BrCl2FN. The molecule has 0 bridgehead atoms. The van der Waals surface area contributed by atoms with Crippen LogP contribution in [-0.2, 0) is 6.42 Å². The third-order valence-corrected chi connectivity index (χ3v) is 3.99. The molecular weight excluding hydrogens is 376 g/mol. The first-order chi connectivity index (χ1) is 9.97. The van der Waals surface area contributed by atoms with Crippen LogP contribution in [0.4, 0.5) is 4.39 Å². The topological polar surface area (TPSA) is 12.0 Å². The van der Waals surface area contributed by atoms with E-state index < -0.39 is 0 Å². The average molecular weight is 391 g/mol. The van der Waals surface area contributed by atoms with E-state index in [4.69, 9.17) is 23.2 Å². The fraction of sp³-hybridized carbons (Fsp3) is 0.250. The lowest BCUT2D eigenvalue weighted by atomic mass is 9.98. The van der Waals surface area contributed by atoms with E-state index in [1.807, 2.05) is 25.1 Å². The maximum Gasteiger partial charge on any atom is 0.124 e. The smallest absolute Gasteiger partial charge is 0.124 e. The molecule has 1 atom stereocenters. The van der Waals surface area contributed by atoms with Crippen LogP contribution in [0.2, 0.25) is 10.0 Å². The molecule has 2 rings (SSSR count). The van der Waals surface area contributed by atoms with Crippen molar-refractivity contribution in [3.05, 3.63) is 67.9 Å². The van der Waals surface area contributed by atoms with Crippen molar-refractivity contribution in [3.63, 3.8) is 0 Å². The fourth-order valence-electron chi connectivity index (χ4n) is 2.30. The van der Waals surface area contributed by atoms with Gasteiger partial charge in [-0.15, -0.1) is 0 Å². The van der Waals surface area contributed by atoms with Crippen molar-refractivity contribution in [1.29, 1.82) is 0 Å². The Morgan fingerprint density at radius 2 is 1.76 bits per heavy atom. The van der Waals surface area contributed by atoms with E-state index >= 15 is 0 Å². The Balaban J connectivity index is 2.30. The molecule has 2 aromatic carbocycles. The minimum atomic E-state index is -0.251. The zero-order chi connectivity index (χ0) is 15.4. The summed E-state index contributed by atoms with van der Waals surface area (Å²) in [6.07, 6.45) is 0.654. The minimum absolute atomic E-state index is 0.0277. The normalized spacial score (nSPS) is 12.4. The number of hydrogen-bond donors (Lipinski definition) is 1. The first-order valence-corrected chi connectivity index (χ1v) is 8.17. The molecule has 0 heterocycles. The number of halogens is 4. The van der Waals surface area contributed by atoms with E-state index in [-0.39, 0.29) is 11.9 Å². The Morgan fingerprint density at radius 3 is 2.33 bits per heavy atom. The van der Waals surface area contributed by atoms with E-state index in [0.717, 1.165) is 22.1 Å². The predicted octanol–water partition coefficient (Wildman–Crippen LogP) is 5.79. The van der Waals surface area contributed by atoms with Gasteiger partial charge >= 0.3 is 0 Å². The number of hydrogen-bond acceptors (Lipinski definition) is 1. The third-order valence-electron chi connectivity index (χ3n) is 3.10. The molecule has 0 saturated heterocycles. The molecule has 1 unspecified atom stereocenters. The van der Waals surface area contributed by atoms with Crippen LogP contribution in [0.15, 0.2) is 40.9 Å². The van der Waals surface area contributed by atoms with E-state index in [9.17, 15) is 4.39 Å². The van der Waals surface area contributed by atoms with Crippen LogP contribution < -0.4 is 5.32 Å². The summed E-state index contributed by atoms with van der Waals surface area (Å²) in [7, 11) is 0. The SMILES string of the molecule is CCNC(Cc1cc(F)cc(Br)c1)c1cc(Cl)cc(Cl)c1. The molecule has 0 amide bonds. The van der Waals surface area contributed by atoms with Crippen LogP contribution in [0, 0.1) is 5.82 Å². The third kappa shape index (κ3) is 4.96. The van der Waals surface area contributed by atoms with E-state index in [1.165, 1.54) is 6.07 Å². The van der Waals surface area contributed by atoms with Gasteiger partial charge in [0.15, 0.2) is 0 Å². The maximum atomic E-state index is 13.5. The molecule has 0 aromatic heterocycles. The number of benzene rings is 2. The van der Waals surface area contributed by atoms with Crippen molar-refractivity contribution in [3.8, 4) is 0 Å². The lowest BCUT2D eigenvalue weighted by molar-refractivity contribution is 0.546. The second-order valence-corrected chi connectivity index (χ2v) is 6.58. The Bertz CT molecular complexity index is 593. The highest BCUT2D eigenvalue weighted by Crippen LogP contribution is 2.27. The fourth-order valence-corrected chi connectivity index (χ4v) is 3.35. The van der Waals surface area contributed by atoms with E-state index in [2.05, 4.69) is 21.2 Å². The summed E-state index contributed by atoms with van der Waals surface area (Å²) in [5.41, 5.74) is 1.90. The van der Waals surface area contributed by atoms with Crippen molar-refractivity contribution in [2.24, 2.45) is 0 Å². The predicted molar refractivity (Wildman–Crippen MR) is 90.7 cm³/mol. The van der Waals surface area contributed by atoms with Crippen LogP contribution in [0.3, 0.4) is 0 Å². The highest BCUT2D eigenvalue weighted by Gasteiger charge is 2.13. The number of nitrogens with one attached hydrogen (secondary N) is 1. The standard InChI is InChI=1S/C16H15BrCl2FN/c1-2-21-16(11-6-13(18)9-14(19)7-11)5-10-3-12(17)8-15(20)4-10/h3-4,6-9,16,21H,2,5H2,1H3. The summed E-state index contributed by atoms with van der Waals surface area (Å²) in [4.78, 5) is 0. The van der Waals surface area contributed by atoms with Crippen LogP contribution in [0.5, 0.6) is 0 Å². The van der Waals surface area contributed by atoms with E-state index in [0.29, 0.717) is 16.5 Å². The summed E-state index contributed by atoms with van der Waals surface area (Å²) in [5.74, 6) is -0.251. The van der Waals surface area contributed by atoms with Gasteiger partial charge in [0.25, 0.3) is 0 Å². The highest BCUT2D eigenvalue weighted by atomic mass is 79.9. The van der Waals surface area contributed by atoms with Crippen molar-refractivity contribution in [2.75, 3.05) is 6.54 Å². The Hall–Kier alpha value is -0.610. The Morgan fingerprint density at radius 1 is 1.10 bits per heavy atom. The molecule has 0 aliphatic rings. The van der Waals surface area contributed by atoms with Crippen LogP contribution >= 0.6 is 39.1 Å². The molecule has 0 spiro atoms. The number of rotatable bonds is 5. The summed E-state index contributed by atoms with van der Waals surface area (Å²) < 4.78 is 14.2. The molecule has 0 fully saturated rings. The lowest BCUT2D eigenvalue weighted by Gasteiger charge is -2.19. The second kappa shape index (κ2) is 7.59. The van der Waals surface area contributed by atoms with Crippen molar-refractivity contribution >= 4 is 39.1 Å². The van der Waals surface area contributed by atoms with Gasteiger partial charge < -0.3 is 5.32 Å². The lowest BCUT2D eigenvalue weighted by Crippen LogP contribution is -2.23. The highest BCUT2D eigenvalue weighted by molar-refractivity contribution is 9.10. The molecule has 0 saturated carbocycles. The average Bonchev–Trinajstić information content (AvgIpc) is 2.35. The Labute approximate surface area is 142 Å². The largest absolute Gasteiger partial charge is 0.310 e. The zero-order valence-corrected chi connectivity index (χ0v) is 14.6. The van der Waals surface area contributed by atoms with Gasteiger partial charge in [0.05, 0.1) is 0 Å². The molecule has 0 radical (unpaired) electrons. The summed E-state index contributed by atoms with van der Waals surface area (Å²) >= 11 is 15.5. The van der Waals surface area contributed by atoms with Crippen LogP contribution in [0.25, 0.3) is 0 Å². The van der Waals surface area contributed by atoms with Crippen LogP contribution in [-0.4, -0.2) is 6.54 Å². The van der Waals surface area contributed by atoms with Gasteiger partial charge in [-0.2, -0.15) is 0 Å².